The number of aryl methyl sites for hydroxylation is 2. The minimum absolute atomic E-state index is 0.103. The summed E-state index contributed by atoms with van der Waals surface area (Å²) in [4.78, 5) is 0. The minimum Gasteiger partial charge on any atom is -0.271 e. The molecule has 1 atom stereocenters. The van der Waals surface area contributed by atoms with Crippen LogP contribution in [0.25, 0.3) is 0 Å². The maximum absolute atomic E-state index is 13.3. The van der Waals surface area contributed by atoms with E-state index in [1.165, 1.54) is 6.07 Å². The first-order valence-electron chi connectivity index (χ1n) is 6.48. The molecule has 0 aliphatic heterocycles. The zero-order valence-corrected chi connectivity index (χ0v) is 12.3. The molecule has 0 saturated carbocycles. The van der Waals surface area contributed by atoms with Crippen LogP contribution in [-0.4, -0.2) is 0 Å². The Labute approximate surface area is 123 Å². The zero-order valence-electron chi connectivity index (χ0n) is 11.6. The lowest BCUT2D eigenvalue weighted by Crippen LogP contribution is -2.29. The number of nitrogens with two attached hydrogens (primary N) is 1. The van der Waals surface area contributed by atoms with Crippen molar-refractivity contribution >= 4 is 11.6 Å². The first kappa shape index (κ1) is 15.0. The Balaban J connectivity index is 2.28. The molecule has 0 aromatic heterocycles. The number of nitrogens with one attached hydrogen (secondary N) is 1. The van der Waals surface area contributed by atoms with Gasteiger partial charge in [-0.05, 0) is 60.7 Å². The molecule has 0 aliphatic carbocycles. The number of rotatable bonds is 4. The first-order valence-corrected chi connectivity index (χ1v) is 6.86. The average Bonchev–Trinajstić information content (AvgIpc) is 2.43. The standard InChI is InChI=1S/C16H18ClFN2/c1-10-4-6-14(18)7-13(10)9-16(20-19)12-5-3-11(2)15(17)8-12/h3-8,16,20H,9,19H2,1-2H3. The van der Waals surface area contributed by atoms with Crippen LogP contribution in [0.15, 0.2) is 36.4 Å². The minimum atomic E-state index is -0.233. The Morgan fingerprint density at radius 3 is 2.50 bits per heavy atom. The predicted molar refractivity (Wildman–Crippen MR) is 81.1 cm³/mol. The second-order valence-corrected chi connectivity index (χ2v) is 5.41. The third-order valence-corrected chi connectivity index (χ3v) is 3.94. The van der Waals surface area contributed by atoms with Gasteiger partial charge in [0.1, 0.15) is 5.82 Å². The van der Waals surface area contributed by atoms with Gasteiger partial charge in [-0.25, -0.2) is 4.39 Å². The van der Waals surface area contributed by atoms with E-state index in [2.05, 4.69) is 5.43 Å². The van der Waals surface area contributed by atoms with E-state index in [1.807, 2.05) is 32.0 Å². The number of halogens is 2. The molecular weight excluding hydrogens is 275 g/mol. The van der Waals surface area contributed by atoms with Crippen LogP contribution in [-0.2, 0) is 6.42 Å². The van der Waals surface area contributed by atoms with Crippen molar-refractivity contribution in [1.29, 1.82) is 0 Å². The summed E-state index contributed by atoms with van der Waals surface area (Å²) in [6.07, 6.45) is 0.611. The van der Waals surface area contributed by atoms with Crippen molar-refractivity contribution in [2.75, 3.05) is 0 Å². The Morgan fingerprint density at radius 1 is 1.15 bits per heavy atom. The van der Waals surface area contributed by atoms with Crippen molar-refractivity contribution in [2.24, 2.45) is 5.84 Å². The predicted octanol–water partition coefficient (Wildman–Crippen LogP) is 3.84. The summed E-state index contributed by atoms with van der Waals surface area (Å²) in [5.74, 6) is 5.41. The molecule has 2 aromatic rings. The van der Waals surface area contributed by atoms with Gasteiger partial charge in [-0.15, -0.1) is 0 Å². The maximum Gasteiger partial charge on any atom is 0.123 e. The molecule has 0 aliphatic rings. The molecular formula is C16H18ClFN2. The van der Waals surface area contributed by atoms with Crippen molar-refractivity contribution in [3.63, 3.8) is 0 Å². The van der Waals surface area contributed by atoms with Crippen molar-refractivity contribution < 1.29 is 4.39 Å². The fraction of sp³-hybridized carbons (Fsp3) is 0.250. The highest BCUT2D eigenvalue weighted by Crippen LogP contribution is 2.24. The molecule has 2 aromatic carbocycles. The second-order valence-electron chi connectivity index (χ2n) is 5.00. The molecule has 20 heavy (non-hydrogen) atoms. The van der Waals surface area contributed by atoms with Gasteiger partial charge in [-0.2, -0.15) is 0 Å². The molecule has 106 valence electrons. The largest absolute Gasteiger partial charge is 0.271 e. The van der Waals surface area contributed by atoms with Gasteiger partial charge in [0.2, 0.25) is 0 Å². The van der Waals surface area contributed by atoms with E-state index in [9.17, 15) is 4.39 Å². The summed E-state index contributed by atoms with van der Waals surface area (Å²) < 4.78 is 13.3. The van der Waals surface area contributed by atoms with E-state index in [0.717, 1.165) is 22.3 Å². The van der Waals surface area contributed by atoms with Crippen LogP contribution in [0, 0.1) is 19.7 Å². The summed E-state index contributed by atoms with van der Waals surface area (Å²) in [5.41, 5.74) is 6.77. The third-order valence-electron chi connectivity index (χ3n) is 3.53. The quantitative estimate of drug-likeness (QED) is 0.664. The normalized spacial score (nSPS) is 12.4. The summed E-state index contributed by atoms with van der Waals surface area (Å²) in [7, 11) is 0. The molecule has 0 fully saturated rings. The third kappa shape index (κ3) is 3.37. The Bertz CT molecular complexity index is 613. The van der Waals surface area contributed by atoms with Crippen LogP contribution in [0.2, 0.25) is 5.02 Å². The summed E-state index contributed by atoms with van der Waals surface area (Å²) >= 11 is 6.15. The SMILES string of the molecule is Cc1ccc(C(Cc2cc(F)ccc2C)NN)cc1Cl. The topological polar surface area (TPSA) is 38.0 Å². The molecule has 2 nitrogen and oxygen atoms in total. The van der Waals surface area contributed by atoms with E-state index in [4.69, 9.17) is 17.4 Å². The van der Waals surface area contributed by atoms with E-state index in [0.29, 0.717) is 11.4 Å². The number of hydrogen-bond acceptors (Lipinski definition) is 2. The maximum atomic E-state index is 13.3. The van der Waals surface area contributed by atoms with Crippen LogP contribution >= 0.6 is 11.6 Å². The van der Waals surface area contributed by atoms with Crippen molar-refractivity contribution in [3.05, 3.63) is 69.5 Å². The van der Waals surface area contributed by atoms with Crippen LogP contribution in [0.5, 0.6) is 0 Å². The summed E-state index contributed by atoms with van der Waals surface area (Å²) in [5, 5.41) is 0.707. The van der Waals surface area contributed by atoms with Gasteiger partial charge in [-0.3, -0.25) is 11.3 Å². The summed E-state index contributed by atoms with van der Waals surface area (Å²) in [6, 6.07) is 10.5. The van der Waals surface area contributed by atoms with E-state index >= 15 is 0 Å². The smallest absolute Gasteiger partial charge is 0.123 e. The zero-order chi connectivity index (χ0) is 14.7. The van der Waals surface area contributed by atoms with Gasteiger partial charge in [0, 0.05) is 5.02 Å². The molecule has 4 heteroatoms. The van der Waals surface area contributed by atoms with Gasteiger partial charge in [-0.1, -0.05) is 29.8 Å². The molecule has 0 amide bonds. The molecule has 0 spiro atoms. The molecule has 2 rings (SSSR count). The second kappa shape index (κ2) is 6.35. The average molecular weight is 293 g/mol. The van der Waals surface area contributed by atoms with E-state index < -0.39 is 0 Å². The lowest BCUT2D eigenvalue weighted by molar-refractivity contribution is 0.547. The lowest BCUT2D eigenvalue weighted by atomic mass is 9.96. The fourth-order valence-electron chi connectivity index (χ4n) is 2.18. The van der Waals surface area contributed by atoms with Gasteiger partial charge < -0.3 is 0 Å². The van der Waals surface area contributed by atoms with Gasteiger partial charge in [0.05, 0.1) is 6.04 Å². The highest BCUT2D eigenvalue weighted by Gasteiger charge is 2.13. The van der Waals surface area contributed by atoms with Crippen LogP contribution < -0.4 is 11.3 Å². The molecule has 0 heterocycles. The van der Waals surface area contributed by atoms with Gasteiger partial charge >= 0.3 is 0 Å². The number of benzene rings is 2. The summed E-state index contributed by atoms with van der Waals surface area (Å²) in [6.45, 7) is 3.91. The Kier molecular flexibility index (Phi) is 4.76. The Morgan fingerprint density at radius 2 is 1.85 bits per heavy atom. The fourth-order valence-corrected chi connectivity index (χ4v) is 2.37. The van der Waals surface area contributed by atoms with Crippen LogP contribution in [0.1, 0.15) is 28.3 Å². The van der Waals surface area contributed by atoms with Crippen molar-refractivity contribution in [1.82, 2.24) is 5.43 Å². The lowest BCUT2D eigenvalue weighted by Gasteiger charge is -2.18. The Hall–Kier alpha value is -1.42. The van der Waals surface area contributed by atoms with Crippen LogP contribution in [0.3, 0.4) is 0 Å². The van der Waals surface area contributed by atoms with Crippen LogP contribution in [0.4, 0.5) is 4.39 Å². The molecule has 0 radical (unpaired) electrons. The molecule has 3 N–H and O–H groups in total. The highest BCUT2D eigenvalue weighted by atomic mass is 35.5. The molecule has 0 saturated heterocycles. The van der Waals surface area contributed by atoms with Crippen molar-refractivity contribution in [2.45, 2.75) is 26.3 Å². The van der Waals surface area contributed by atoms with E-state index in [1.54, 1.807) is 12.1 Å². The highest BCUT2D eigenvalue weighted by molar-refractivity contribution is 6.31. The monoisotopic (exact) mass is 292 g/mol. The number of hydrazine groups is 1. The van der Waals surface area contributed by atoms with Gasteiger partial charge in [0.25, 0.3) is 0 Å². The molecule has 1 unspecified atom stereocenters. The van der Waals surface area contributed by atoms with Gasteiger partial charge in [0.15, 0.2) is 0 Å². The number of hydrogen-bond donors (Lipinski definition) is 2. The molecule has 0 bridgehead atoms. The van der Waals surface area contributed by atoms with Crippen molar-refractivity contribution in [3.8, 4) is 0 Å². The van der Waals surface area contributed by atoms with E-state index in [-0.39, 0.29) is 11.9 Å². The first-order chi connectivity index (χ1) is 9.51.